The van der Waals surface area contributed by atoms with Gasteiger partial charge in [-0.3, -0.25) is 9.83 Å². The van der Waals surface area contributed by atoms with Crippen molar-refractivity contribution in [3.8, 4) is 0 Å². The maximum absolute atomic E-state index is 5.38. The van der Waals surface area contributed by atoms with Gasteiger partial charge in [0.1, 0.15) is 0 Å². The molecule has 1 aliphatic heterocycles. The summed E-state index contributed by atoms with van der Waals surface area (Å²) in [4.78, 5) is 0. The molecular weight excluding hydrogens is 346 g/mol. The van der Waals surface area contributed by atoms with E-state index in [4.69, 9.17) is 4.74 Å². The van der Waals surface area contributed by atoms with Gasteiger partial charge in [0, 0.05) is 25.7 Å². The first-order valence-corrected chi connectivity index (χ1v) is 11.7. The first-order valence-electron chi connectivity index (χ1n) is 9.43. The Kier molecular flexibility index (Phi) is 7.27. The Labute approximate surface area is 157 Å². The third-order valence-corrected chi connectivity index (χ3v) is 9.14. The van der Waals surface area contributed by atoms with E-state index in [2.05, 4.69) is 89.6 Å². The van der Waals surface area contributed by atoms with Crippen LogP contribution in [0.15, 0.2) is 29.0 Å². The van der Waals surface area contributed by atoms with Crippen LogP contribution >= 0.6 is 16.7 Å². The molecule has 0 bridgehead atoms. The van der Waals surface area contributed by atoms with Gasteiger partial charge in [0.2, 0.25) is 0 Å². The van der Waals surface area contributed by atoms with Crippen molar-refractivity contribution >= 4 is 22.1 Å². The minimum absolute atomic E-state index is 0.0550. The third-order valence-electron chi connectivity index (χ3n) is 4.66. The molecule has 1 N–H and O–H groups in total. The summed E-state index contributed by atoms with van der Waals surface area (Å²) in [6, 6.07) is 9.34. The molecular formula is C19H36N4P2. The molecule has 1 heterocycles. The number of benzene rings is 1. The lowest BCUT2D eigenvalue weighted by molar-refractivity contribution is 0.349. The highest BCUT2D eigenvalue weighted by molar-refractivity contribution is 7.59. The summed E-state index contributed by atoms with van der Waals surface area (Å²) in [5.41, 5.74) is 1.35. The van der Waals surface area contributed by atoms with Gasteiger partial charge in [-0.2, -0.15) is 0 Å². The monoisotopic (exact) mass is 382 g/mol. The first kappa shape index (κ1) is 21.1. The lowest BCUT2D eigenvalue weighted by Gasteiger charge is -2.48. The molecule has 1 aromatic carbocycles. The molecule has 2 rings (SSSR count). The summed E-state index contributed by atoms with van der Waals surface area (Å²) >= 11 is 0. The van der Waals surface area contributed by atoms with Gasteiger partial charge >= 0.3 is 0 Å². The van der Waals surface area contributed by atoms with Gasteiger partial charge in [0.25, 0.3) is 0 Å². The Morgan fingerprint density at radius 1 is 1.24 bits per heavy atom. The normalized spacial score (nSPS) is 25.4. The van der Waals surface area contributed by atoms with E-state index in [1.54, 1.807) is 0 Å². The van der Waals surface area contributed by atoms with Gasteiger partial charge in [0.05, 0.1) is 5.54 Å². The summed E-state index contributed by atoms with van der Waals surface area (Å²) in [6.45, 7) is 14.3. The van der Waals surface area contributed by atoms with Gasteiger partial charge in [-0.15, -0.1) is 9.24 Å². The van der Waals surface area contributed by atoms with Crippen molar-refractivity contribution in [3.63, 3.8) is 0 Å². The standard InChI is InChI=1S/C19H36N4P2/c1-7-23(8-2)25(21-19(3,4)5)20-17(13-14-22(25)6)15-16-9-11-18(24)12-10-16/h9-12,17,20H,7-8,13-15,24H2,1-6H3. The number of rotatable bonds is 5. The van der Waals surface area contributed by atoms with Crippen LogP contribution in [0.5, 0.6) is 0 Å². The van der Waals surface area contributed by atoms with Crippen LogP contribution in [0.25, 0.3) is 0 Å². The van der Waals surface area contributed by atoms with Crippen LogP contribution in [-0.2, 0) is 6.42 Å². The van der Waals surface area contributed by atoms with Crippen molar-refractivity contribution in [1.82, 2.24) is 14.4 Å². The molecule has 0 aliphatic carbocycles. The van der Waals surface area contributed by atoms with Gasteiger partial charge in [-0.1, -0.05) is 38.1 Å². The second-order valence-electron chi connectivity index (χ2n) is 7.92. The minimum atomic E-state index is -1.88. The molecule has 0 aromatic heterocycles. The van der Waals surface area contributed by atoms with Crippen molar-refractivity contribution in [2.45, 2.75) is 59.0 Å². The average Bonchev–Trinajstić information content (AvgIpc) is 2.53. The van der Waals surface area contributed by atoms with Crippen LogP contribution in [0.4, 0.5) is 0 Å². The molecule has 0 spiro atoms. The zero-order chi connectivity index (χ0) is 18.7. The number of hydrogen-bond donors (Lipinski definition) is 1. The molecule has 1 saturated heterocycles. The summed E-state index contributed by atoms with van der Waals surface area (Å²) in [6.07, 6.45) is 2.24. The van der Waals surface area contributed by atoms with Crippen molar-refractivity contribution in [1.29, 1.82) is 0 Å². The van der Waals surface area contributed by atoms with E-state index < -0.39 is 7.51 Å². The van der Waals surface area contributed by atoms with Crippen LogP contribution in [-0.4, -0.2) is 47.6 Å². The van der Waals surface area contributed by atoms with Gasteiger partial charge in [0.15, 0.2) is 7.51 Å². The van der Waals surface area contributed by atoms with Gasteiger partial charge in [-0.25, -0.2) is 9.34 Å². The lowest BCUT2D eigenvalue weighted by atomic mass is 10.0. The second kappa shape index (κ2) is 8.63. The molecule has 4 nitrogen and oxygen atoms in total. The molecule has 0 saturated carbocycles. The van der Waals surface area contributed by atoms with E-state index in [0.717, 1.165) is 26.1 Å². The van der Waals surface area contributed by atoms with Crippen LogP contribution in [0.1, 0.15) is 46.6 Å². The van der Waals surface area contributed by atoms with Crippen molar-refractivity contribution in [3.05, 3.63) is 29.8 Å². The molecule has 142 valence electrons. The lowest BCUT2D eigenvalue weighted by Crippen LogP contribution is -2.48. The summed E-state index contributed by atoms with van der Waals surface area (Å²) in [5.74, 6) is 0. The smallest absolute Gasteiger partial charge is 0.165 e. The van der Waals surface area contributed by atoms with E-state index in [1.165, 1.54) is 17.3 Å². The molecule has 1 aliphatic rings. The fourth-order valence-corrected chi connectivity index (χ4v) is 7.53. The highest BCUT2D eigenvalue weighted by atomic mass is 31.2. The quantitative estimate of drug-likeness (QED) is 0.778. The van der Waals surface area contributed by atoms with Crippen LogP contribution in [0.3, 0.4) is 0 Å². The first-order chi connectivity index (χ1) is 11.7. The van der Waals surface area contributed by atoms with Crippen LogP contribution in [0, 0.1) is 0 Å². The molecule has 0 radical (unpaired) electrons. The molecule has 6 heteroatoms. The summed E-state index contributed by atoms with van der Waals surface area (Å²) in [7, 11) is 3.13. The van der Waals surface area contributed by atoms with Crippen molar-refractivity contribution in [2.24, 2.45) is 4.74 Å². The maximum Gasteiger partial charge on any atom is 0.165 e. The van der Waals surface area contributed by atoms with Crippen LogP contribution < -0.4 is 10.4 Å². The molecule has 3 atom stereocenters. The fraction of sp³-hybridized carbons (Fsp3) is 0.684. The Balaban J connectivity index is 2.33. The Bertz CT molecular complexity index is 603. The van der Waals surface area contributed by atoms with Gasteiger partial charge < -0.3 is 0 Å². The molecule has 1 aromatic rings. The predicted octanol–water partition coefficient (Wildman–Crippen LogP) is 4.11. The summed E-state index contributed by atoms with van der Waals surface area (Å²) < 4.78 is 10.4. The molecule has 25 heavy (non-hydrogen) atoms. The van der Waals surface area contributed by atoms with E-state index in [-0.39, 0.29) is 5.54 Å². The van der Waals surface area contributed by atoms with E-state index in [1.807, 2.05) is 0 Å². The van der Waals surface area contributed by atoms with Crippen LogP contribution in [0.2, 0.25) is 0 Å². The van der Waals surface area contributed by atoms with E-state index >= 15 is 0 Å². The third kappa shape index (κ3) is 5.37. The topological polar surface area (TPSA) is 30.9 Å². The zero-order valence-electron chi connectivity index (χ0n) is 16.8. The number of hydrogen-bond acceptors (Lipinski definition) is 1. The summed E-state index contributed by atoms with van der Waals surface area (Å²) in [5, 5.41) is 5.27. The maximum atomic E-state index is 5.38. The highest BCUT2D eigenvalue weighted by Gasteiger charge is 2.38. The Morgan fingerprint density at radius 2 is 1.84 bits per heavy atom. The van der Waals surface area contributed by atoms with Crippen molar-refractivity contribution in [2.75, 3.05) is 26.7 Å². The fourth-order valence-electron chi connectivity index (χ4n) is 3.48. The Morgan fingerprint density at radius 3 is 2.36 bits per heavy atom. The van der Waals surface area contributed by atoms with Gasteiger partial charge in [-0.05, 0) is 51.5 Å². The largest absolute Gasteiger partial charge is 0.256 e. The molecule has 0 amide bonds. The van der Waals surface area contributed by atoms with E-state index in [0.29, 0.717) is 6.04 Å². The van der Waals surface area contributed by atoms with E-state index in [9.17, 15) is 0 Å². The number of nitrogens with zero attached hydrogens (tertiary/aromatic N) is 3. The highest BCUT2D eigenvalue weighted by Crippen LogP contribution is 2.56. The average molecular weight is 382 g/mol. The predicted molar refractivity (Wildman–Crippen MR) is 116 cm³/mol. The molecule has 1 fully saturated rings. The van der Waals surface area contributed by atoms with Crippen molar-refractivity contribution < 1.29 is 0 Å². The second-order valence-corrected chi connectivity index (χ2v) is 11.4. The Hall–Kier alpha value is -0.240. The number of nitrogens with one attached hydrogen (secondary N) is 1. The molecule has 3 unspecified atom stereocenters. The zero-order valence-corrected chi connectivity index (χ0v) is 18.8. The minimum Gasteiger partial charge on any atom is -0.256 e. The SMILES string of the molecule is CCN(CC)P1(=NC(C)(C)C)NC(Cc2ccc(P)cc2)CCN1C.